The van der Waals surface area contributed by atoms with Gasteiger partial charge in [0.05, 0.1) is 11.0 Å². The van der Waals surface area contributed by atoms with Gasteiger partial charge in [-0.25, -0.2) is 8.42 Å². The van der Waals surface area contributed by atoms with Gasteiger partial charge in [0.25, 0.3) is 0 Å². The van der Waals surface area contributed by atoms with Crippen LogP contribution in [0.15, 0.2) is 0 Å². The van der Waals surface area contributed by atoms with Crippen molar-refractivity contribution in [3.05, 3.63) is 0 Å². The molecule has 0 bridgehead atoms. The summed E-state index contributed by atoms with van der Waals surface area (Å²) in [6.45, 7) is 8.49. The summed E-state index contributed by atoms with van der Waals surface area (Å²) in [6.07, 6.45) is 0.717. The molecular formula is C10H23NO2S. The number of rotatable bonds is 6. The van der Waals surface area contributed by atoms with Gasteiger partial charge >= 0.3 is 0 Å². The highest BCUT2D eigenvalue weighted by molar-refractivity contribution is 7.91. The second-order valence-corrected chi connectivity index (χ2v) is 7.54. The van der Waals surface area contributed by atoms with E-state index in [9.17, 15) is 8.42 Å². The summed E-state index contributed by atoms with van der Waals surface area (Å²) in [5, 5.41) is 2.82. The van der Waals surface area contributed by atoms with E-state index >= 15 is 0 Å². The fourth-order valence-corrected chi connectivity index (χ4v) is 2.53. The Morgan fingerprint density at radius 1 is 1.29 bits per heavy atom. The quantitative estimate of drug-likeness (QED) is 0.738. The Morgan fingerprint density at radius 2 is 1.79 bits per heavy atom. The molecule has 0 aliphatic heterocycles. The average molecular weight is 221 g/mol. The zero-order valence-corrected chi connectivity index (χ0v) is 10.7. The smallest absolute Gasteiger partial charge is 0.152 e. The Kier molecular flexibility index (Phi) is 5.09. The number of hydrogen-bond donors (Lipinski definition) is 1. The van der Waals surface area contributed by atoms with Crippen LogP contribution in [0.2, 0.25) is 0 Å². The van der Waals surface area contributed by atoms with Crippen LogP contribution in [0, 0.1) is 5.41 Å². The van der Waals surface area contributed by atoms with Gasteiger partial charge in [-0.15, -0.1) is 0 Å². The van der Waals surface area contributed by atoms with E-state index in [1.54, 1.807) is 13.8 Å². The molecule has 0 spiro atoms. The van der Waals surface area contributed by atoms with Gasteiger partial charge in [0, 0.05) is 0 Å². The molecule has 0 aromatic heterocycles. The molecule has 14 heavy (non-hydrogen) atoms. The summed E-state index contributed by atoms with van der Waals surface area (Å²) >= 11 is 0. The SMILES string of the molecule is CNCC(C)(C)CCS(=O)(=O)C(C)C. The normalized spacial score (nSPS) is 13.6. The molecule has 0 aliphatic carbocycles. The Bertz CT molecular complexity index is 255. The van der Waals surface area contributed by atoms with Crippen molar-refractivity contribution in [1.82, 2.24) is 5.32 Å². The van der Waals surface area contributed by atoms with Gasteiger partial charge in [-0.1, -0.05) is 13.8 Å². The number of nitrogens with one attached hydrogen (secondary N) is 1. The highest BCUT2D eigenvalue weighted by Crippen LogP contribution is 2.20. The largest absolute Gasteiger partial charge is 0.319 e. The monoisotopic (exact) mass is 221 g/mol. The maximum absolute atomic E-state index is 11.6. The van der Waals surface area contributed by atoms with E-state index in [0.29, 0.717) is 12.2 Å². The van der Waals surface area contributed by atoms with Gasteiger partial charge in [-0.3, -0.25) is 0 Å². The first-order valence-electron chi connectivity index (χ1n) is 5.07. The number of hydrogen-bond acceptors (Lipinski definition) is 3. The van der Waals surface area contributed by atoms with Crippen LogP contribution < -0.4 is 5.32 Å². The molecule has 1 N–H and O–H groups in total. The maximum atomic E-state index is 11.6. The molecule has 3 nitrogen and oxygen atoms in total. The van der Waals surface area contributed by atoms with Crippen LogP contribution in [0.25, 0.3) is 0 Å². The van der Waals surface area contributed by atoms with Gasteiger partial charge in [-0.05, 0) is 39.3 Å². The standard InChI is InChI=1S/C10H23NO2S/c1-9(2)14(12,13)7-6-10(3,4)8-11-5/h9,11H,6-8H2,1-5H3. The summed E-state index contributed by atoms with van der Waals surface area (Å²) in [5.74, 6) is 0.291. The molecule has 0 unspecified atom stereocenters. The average Bonchev–Trinajstić information content (AvgIpc) is 2.01. The lowest BCUT2D eigenvalue weighted by atomic mass is 9.90. The number of sulfone groups is 1. The van der Waals surface area contributed by atoms with Crippen molar-refractivity contribution in [2.75, 3.05) is 19.3 Å². The van der Waals surface area contributed by atoms with Gasteiger partial charge in [0.1, 0.15) is 0 Å². The van der Waals surface area contributed by atoms with E-state index < -0.39 is 9.84 Å². The first-order chi connectivity index (χ1) is 6.21. The van der Waals surface area contributed by atoms with Crippen LogP contribution >= 0.6 is 0 Å². The van der Waals surface area contributed by atoms with Gasteiger partial charge < -0.3 is 5.32 Å². The minimum Gasteiger partial charge on any atom is -0.319 e. The predicted molar refractivity (Wildman–Crippen MR) is 61.2 cm³/mol. The van der Waals surface area contributed by atoms with Crippen LogP contribution in [0.1, 0.15) is 34.1 Å². The van der Waals surface area contributed by atoms with Gasteiger partial charge in [0.15, 0.2) is 9.84 Å². The third kappa shape index (κ3) is 4.96. The molecule has 4 heteroatoms. The van der Waals surface area contributed by atoms with E-state index in [-0.39, 0.29) is 10.7 Å². The van der Waals surface area contributed by atoms with Crippen LogP contribution in [0.5, 0.6) is 0 Å². The fourth-order valence-electron chi connectivity index (χ4n) is 1.22. The highest BCUT2D eigenvalue weighted by Gasteiger charge is 2.23. The third-order valence-electron chi connectivity index (χ3n) is 2.44. The molecule has 0 rings (SSSR count). The lowest BCUT2D eigenvalue weighted by molar-refractivity contribution is 0.339. The molecule has 0 atom stereocenters. The van der Waals surface area contributed by atoms with Crippen LogP contribution in [-0.4, -0.2) is 33.0 Å². The molecule has 86 valence electrons. The Morgan fingerprint density at radius 3 is 2.14 bits per heavy atom. The zero-order valence-electron chi connectivity index (χ0n) is 9.92. The van der Waals surface area contributed by atoms with E-state index in [1.165, 1.54) is 0 Å². The molecule has 0 saturated carbocycles. The molecule has 0 aliphatic rings. The second kappa shape index (κ2) is 5.12. The maximum Gasteiger partial charge on any atom is 0.152 e. The molecule has 0 heterocycles. The summed E-state index contributed by atoms with van der Waals surface area (Å²) in [5.41, 5.74) is 0.0523. The minimum absolute atomic E-state index is 0.0523. The Hall–Kier alpha value is -0.0900. The van der Waals surface area contributed by atoms with Crippen molar-refractivity contribution in [2.45, 2.75) is 39.4 Å². The highest BCUT2D eigenvalue weighted by atomic mass is 32.2. The van der Waals surface area contributed by atoms with Crippen molar-refractivity contribution in [3.8, 4) is 0 Å². The van der Waals surface area contributed by atoms with Crippen molar-refractivity contribution >= 4 is 9.84 Å². The molecule has 0 radical (unpaired) electrons. The fraction of sp³-hybridized carbons (Fsp3) is 1.00. The molecule has 0 aromatic carbocycles. The first kappa shape index (κ1) is 13.9. The predicted octanol–water partition coefficient (Wildman–Crippen LogP) is 1.45. The first-order valence-corrected chi connectivity index (χ1v) is 6.79. The topological polar surface area (TPSA) is 46.2 Å². The van der Waals surface area contributed by atoms with E-state index in [0.717, 1.165) is 6.54 Å². The lowest BCUT2D eigenvalue weighted by Crippen LogP contribution is -2.30. The Balaban J connectivity index is 4.19. The Labute approximate surface area is 88.2 Å². The molecule has 0 amide bonds. The second-order valence-electron chi connectivity index (χ2n) is 4.86. The van der Waals surface area contributed by atoms with Crippen molar-refractivity contribution in [2.24, 2.45) is 5.41 Å². The van der Waals surface area contributed by atoms with Crippen molar-refractivity contribution in [3.63, 3.8) is 0 Å². The molecule has 0 aromatic rings. The molecule has 0 fully saturated rings. The third-order valence-corrected chi connectivity index (χ3v) is 4.65. The van der Waals surface area contributed by atoms with Crippen LogP contribution in [-0.2, 0) is 9.84 Å². The molecule has 0 saturated heterocycles. The van der Waals surface area contributed by atoms with Crippen molar-refractivity contribution in [1.29, 1.82) is 0 Å². The van der Waals surface area contributed by atoms with Crippen LogP contribution in [0.4, 0.5) is 0 Å². The summed E-state index contributed by atoms with van der Waals surface area (Å²) in [4.78, 5) is 0. The summed E-state index contributed by atoms with van der Waals surface area (Å²) < 4.78 is 23.1. The van der Waals surface area contributed by atoms with E-state index in [4.69, 9.17) is 0 Å². The van der Waals surface area contributed by atoms with Crippen LogP contribution in [0.3, 0.4) is 0 Å². The lowest BCUT2D eigenvalue weighted by Gasteiger charge is -2.24. The minimum atomic E-state index is -2.88. The van der Waals surface area contributed by atoms with Crippen molar-refractivity contribution < 1.29 is 8.42 Å². The van der Waals surface area contributed by atoms with E-state index in [2.05, 4.69) is 19.2 Å². The van der Waals surface area contributed by atoms with E-state index in [1.807, 2.05) is 7.05 Å². The van der Waals surface area contributed by atoms with Gasteiger partial charge in [-0.2, -0.15) is 0 Å². The van der Waals surface area contributed by atoms with Gasteiger partial charge in [0.2, 0.25) is 0 Å². The molecular weight excluding hydrogens is 198 g/mol. The summed E-state index contributed by atoms with van der Waals surface area (Å²) in [7, 11) is -0.990. The summed E-state index contributed by atoms with van der Waals surface area (Å²) in [6, 6.07) is 0. The zero-order chi connectivity index (χ0) is 11.4.